The zero-order chi connectivity index (χ0) is 23.3. The maximum Gasteiger partial charge on any atom is 0.254 e. The molecule has 2 heterocycles. The van der Waals surface area contributed by atoms with E-state index in [2.05, 4.69) is 57.8 Å². The van der Waals surface area contributed by atoms with Gasteiger partial charge in [-0.25, -0.2) is 0 Å². The number of carbonyl (C=O) groups excluding carboxylic acids is 1. The normalized spacial score (nSPS) is 21.6. The van der Waals surface area contributed by atoms with Gasteiger partial charge in [-0.15, -0.1) is 0 Å². The van der Waals surface area contributed by atoms with E-state index in [0.29, 0.717) is 17.9 Å². The first kappa shape index (κ1) is 23.3. The second-order valence-electron chi connectivity index (χ2n) is 10.2. The monoisotopic (exact) mass is 472 g/mol. The highest BCUT2D eigenvalue weighted by atomic mass is 32.1. The van der Waals surface area contributed by atoms with Gasteiger partial charge < -0.3 is 4.90 Å². The van der Waals surface area contributed by atoms with Gasteiger partial charge in [0.25, 0.3) is 5.91 Å². The van der Waals surface area contributed by atoms with Crippen LogP contribution in [0.3, 0.4) is 0 Å². The molecule has 2 aliphatic rings. The molecule has 1 aliphatic carbocycles. The molecule has 5 rings (SSSR count). The molecule has 2 aromatic carbocycles. The largest absolute Gasteiger partial charge is 0.335 e. The van der Waals surface area contributed by atoms with Crippen LogP contribution in [0.1, 0.15) is 65.1 Å². The molecule has 2 atom stereocenters. The van der Waals surface area contributed by atoms with Crippen molar-refractivity contribution in [1.29, 1.82) is 0 Å². The molecule has 0 N–H and O–H groups in total. The second kappa shape index (κ2) is 10.9. The minimum Gasteiger partial charge on any atom is -0.335 e. The van der Waals surface area contributed by atoms with E-state index < -0.39 is 0 Å². The lowest BCUT2D eigenvalue weighted by atomic mass is 9.85. The van der Waals surface area contributed by atoms with Crippen molar-refractivity contribution in [3.05, 3.63) is 93.7 Å². The smallest absolute Gasteiger partial charge is 0.254 e. The number of hydrogen-bond acceptors (Lipinski definition) is 3. The minimum absolute atomic E-state index is 0.215. The summed E-state index contributed by atoms with van der Waals surface area (Å²) >= 11 is 1.77. The van der Waals surface area contributed by atoms with Crippen molar-refractivity contribution in [3.8, 4) is 0 Å². The highest BCUT2D eigenvalue weighted by molar-refractivity contribution is 7.07. The van der Waals surface area contributed by atoms with Crippen LogP contribution in [-0.4, -0.2) is 41.4 Å². The van der Waals surface area contributed by atoms with Gasteiger partial charge in [0.15, 0.2) is 0 Å². The molecule has 4 heteroatoms. The van der Waals surface area contributed by atoms with Crippen LogP contribution in [-0.2, 0) is 6.54 Å². The van der Waals surface area contributed by atoms with Gasteiger partial charge in [0.2, 0.25) is 0 Å². The van der Waals surface area contributed by atoms with Crippen LogP contribution in [0.5, 0.6) is 0 Å². The van der Waals surface area contributed by atoms with Gasteiger partial charge in [0.05, 0.1) is 0 Å². The van der Waals surface area contributed by atoms with Crippen LogP contribution in [0.25, 0.3) is 0 Å². The van der Waals surface area contributed by atoms with Crippen LogP contribution in [0.4, 0.5) is 0 Å². The summed E-state index contributed by atoms with van der Waals surface area (Å²) in [6.45, 7) is 6.18. The van der Waals surface area contributed by atoms with E-state index >= 15 is 0 Å². The van der Waals surface area contributed by atoms with Crippen LogP contribution < -0.4 is 0 Å². The fourth-order valence-corrected chi connectivity index (χ4v) is 6.72. The number of aryl methyl sites for hydroxylation is 1. The van der Waals surface area contributed by atoms with Crippen molar-refractivity contribution in [3.63, 3.8) is 0 Å². The molecule has 1 saturated heterocycles. The van der Waals surface area contributed by atoms with Gasteiger partial charge >= 0.3 is 0 Å². The van der Waals surface area contributed by atoms with E-state index in [9.17, 15) is 4.79 Å². The number of carbonyl (C=O) groups is 1. The van der Waals surface area contributed by atoms with Crippen molar-refractivity contribution in [2.45, 2.75) is 57.5 Å². The Morgan fingerprint density at radius 3 is 2.47 bits per heavy atom. The zero-order valence-corrected chi connectivity index (χ0v) is 21.1. The number of hydrogen-bond donors (Lipinski definition) is 0. The molecule has 1 amide bonds. The van der Waals surface area contributed by atoms with Crippen LogP contribution >= 0.6 is 11.3 Å². The predicted octanol–water partition coefficient (Wildman–Crippen LogP) is 6.75. The van der Waals surface area contributed by atoms with E-state index in [0.717, 1.165) is 44.6 Å². The van der Waals surface area contributed by atoms with E-state index in [1.165, 1.54) is 36.0 Å². The lowest BCUT2D eigenvalue weighted by molar-refractivity contribution is 0.0588. The molecule has 34 heavy (non-hydrogen) atoms. The summed E-state index contributed by atoms with van der Waals surface area (Å²) < 4.78 is 0. The molecule has 2 unspecified atom stereocenters. The SMILES string of the molecule is Cc1ccccc1C1CN(Cc2ccsc2)CC1CN(C(=O)c1ccccc1)C1CCCCC1. The quantitative estimate of drug-likeness (QED) is 0.380. The second-order valence-corrected chi connectivity index (χ2v) is 10.9. The Morgan fingerprint density at radius 2 is 1.74 bits per heavy atom. The fourth-order valence-electron chi connectivity index (χ4n) is 6.06. The number of rotatable bonds is 7. The topological polar surface area (TPSA) is 23.6 Å². The Bertz CT molecular complexity index is 1060. The molecule has 3 nitrogen and oxygen atoms in total. The lowest BCUT2D eigenvalue weighted by Gasteiger charge is -2.37. The first-order valence-corrected chi connectivity index (χ1v) is 13.8. The molecule has 1 aromatic heterocycles. The molecule has 178 valence electrons. The third-order valence-corrected chi connectivity index (χ3v) is 8.55. The Kier molecular flexibility index (Phi) is 7.46. The average Bonchev–Trinajstić information content (AvgIpc) is 3.53. The first-order valence-electron chi connectivity index (χ1n) is 12.8. The van der Waals surface area contributed by atoms with Gasteiger partial charge in [0.1, 0.15) is 0 Å². The predicted molar refractivity (Wildman–Crippen MR) is 141 cm³/mol. The number of benzene rings is 2. The number of likely N-dealkylation sites (tertiary alicyclic amines) is 1. The van der Waals surface area contributed by atoms with Gasteiger partial charge in [-0.3, -0.25) is 9.69 Å². The van der Waals surface area contributed by atoms with Crippen molar-refractivity contribution in [1.82, 2.24) is 9.80 Å². The van der Waals surface area contributed by atoms with Gasteiger partial charge in [-0.1, -0.05) is 61.7 Å². The summed E-state index contributed by atoms with van der Waals surface area (Å²) in [5.41, 5.74) is 5.05. The first-order chi connectivity index (χ1) is 16.7. The third kappa shape index (κ3) is 5.29. The summed E-state index contributed by atoms with van der Waals surface area (Å²) in [6.07, 6.45) is 6.05. The molecule has 2 fully saturated rings. The Labute approximate surface area is 208 Å². The Morgan fingerprint density at radius 1 is 0.971 bits per heavy atom. The number of amides is 1. The fraction of sp³-hybridized carbons (Fsp3) is 0.433. The standard InChI is InChI=1S/C30H36N2OS/c1-23-10-8-9-15-28(23)29-21-31(18-24-16-17-34-22-24)19-26(29)20-32(27-13-6-3-7-14-27)30(33)25-11-4-2-5-12-25/h2,4-5,8-12,15-17,22,26-27,29H,3,6-7,13-14,18-21H2,1H3. The molecule has 0 radical (unpaired) electrons. The highest BCUT2D eigenvalue weighted by Crippen LogP contribution is 2.37. The molecular formula is C30H36N2OS. The van der Waals surface area contributed by atoms with Crippen LogP contribution in [0, 0.1) is 12.8 Å². The van der Waals surface area contributed by atoms with E-state index in [4.69, 9.17) is 0 Å². The highest BCUT2D eigenvalue weighted by Gasteiger charge is 2.38. The maximum atomic E-state index is 13.8. The summed E-state index contributed by atoms with van der Waals surface area (Å²) in [7, 11) is 0. The van der Waals surface area contributed by atoms with Gasteiger partial charge in [0, 0.05) is 43.7 Å². The van der Waals surface area contributed by atoms with Crippen molar-refractivity contribution < 1.29 is 4.79 Å². The zero-order valence-electron chi connectivity index (χ0n) is 20.2. The Balaban J connectivity index is 1.42. The van der Waals surface area contributed by atoms with E-state index in [1.54, 1.807) is 11.3 Å². The maximum absolute atomic E-state index is 13.8. The van der Waals surface area contributed by atoms with Crippen molar-refractivity contribution in [2.24, 2.45) is 5.92 Å². The summed E-state index contributed by atoms with van der Waals surface area (Å²) in [4.78, 5) is 18.7. The number of thiophene rings is 1. The van der Waals surface area contributed by atoms with Crippen LogP contribution in [0.15, 0.2) is 71.4 Å². The van der Waals surface area contributed by atoms with E-state index in [1.807, 2.05) is 30.3 Å². The average molecular weight is 473 g/mol. The van der Waals surface area contributed by atoms with Gasteiger partial charge in [-0.2, -0.15) is 11.3 Å². The van der Waals surface area contributed by atoms with Crippen molar-refractivity contribution >= 4 is 17.2 Å². The number of nitrogens with zero attached hydrogens (tertiary/aromatic N) is 2. The summed E-state index contributed by atoms with van der Waals surface area (Å²) in [6, 6.07) is 21.4. The molecule has 1 aliphatic heterocycles. The minimum atomic E-state index is 0.215. The van der Waals surface area contributed by atoms with E-state index in [-0.39, 0.29) is 5.91 Å². The molecule has 0 spiro atoms. The third-order valence-electron chi connectivity index (χ3n) is 7.82. The summed E-state index contributed by atoms with van der Waals surface area (Å²) in [5.74, 6) is 1.11. The van der Waals surface area contributed by atoms with Crippen molar-refractivity contribution in [2.75, 3.05) is 19.6 Å². The summed E-state index contributed by atoms with van der Waals surface area (Å²) in [5, 5.41) is 4.44. The van der Waals surface area contributed by atoms with Gasteiger partial charge in [-0.05, 0) is 71.3 Å². The Hall–Kier alpha value is -2.43. The molecule has 1 saturated carbocycles. The molecule has 0 bridgehead atoms. The molecule has 3 aromatic rings. The lowest BCUT2D eigenvalue weighted by Crippen LogP contribution is -2.45. The molecular weight excluding hydrogens is 436 g/mol. The van der Waals surface area contributed by atoms with Crippen LogP contribution in [0.2, 0.25) is 0 Å².